The average Bonchev–Trinajstić information content (AvgIpc) is 2.91. The number of benzene rings is 3. The van der Waals surface area contributed by atoms with Crippen LogP contribution in [-0.4, -0.2) is 65.7 Å². The molecule has 10 heteroatoms. The van der Waals surface area contributed by atoms with Gasteiger partial charge < -0.3 is 30.0 Å². The van der Waals surface area contributed by atoms with E-state index in [0.29, 0.717) is 12.1 Å². The summed E-state index contributed by atoms with van der Waals surface area (Å²) in [5.74, 6) is -1.52. The quantitative estimate of drug-likeness (QED) is 0.237. The van der Waals surface area contributed by atoms with Crippen LogP contribution in [0.4, 0.5) is 8.78 Å². The number of carbonyl (C=O) groups is 1. The highest BCUT2D eigenvalue weighted by atomic mass is 19.1. The number of rotatable bonds is 8. The van der Waals surface area contributed by atoms with Gasteiger partial charge in [-0.15, -0.1) is 0 Å². The highest BCUT2D eigenvalue weighted by Gasteiger charge is 2.31. The van der Waals surface area contributed by atoms with E-state index in [4.69, 9.17) is 9.47 Å². The van der Waals surface area contributed by atoms with Gasteiger partial charge in [-0.25, -0.2) is 8.78 Å². The third kappa shape index (κ3) is 5.46. The molecule has 3 aromatic carbocycles. The number of aliphatic hydroxyl groups is 1. The van der Waals surface area contributed by atoms with Gasteiger partial charge >= 0.3 is 0 Å². The van der Waals surface area contributed by atoms with Gasteiger partial charge in [-0.1, -0.05) is 41.6 Å². The van der Waals surface area contributed by atoms with E-state index in [2.05, 4.69) is 15.4 Å². The summed E-state index contributed by atoms with van der Waals surface area (Å²) in [5.41, 5.74) is 1.90. The molecule has 0 unspecified atom stereocenters. The molecule has 0 spiro atoms. The molecule has 1 amide bonds. The fourth-order valence-electron chi connectivity index (χ4n) is 4.53. The first kappa shape index (κ1) is 25.6. The number of likely N-dealkylation sites (tertiary alicyclic amines) is 1. The molecule has 0 saturated carbocycles. The second-order valence-electron chi connectivity index (χ2n) is 9.24. The minimum absolute atomic E-state index is 0.00527. The Labute approximate surface area is 218 Å². The van der Waals surface area contributed by atoms with Crippen LogP contribution in [0.1, 0.15) is 23.7 Å². The van der Waals surface area contributed by atoms with Gasteiger partial charge in [0, 0.05) is 12.1 Å². The summed E-state index contributed by atoms with van der Waals surface area (Å²) in [7, 11) is 0. The van der Waals surface area contributed by atoms with Crippen molar-refractivity contribution in [1.29, 1.82) is 0 Å². The van der Waals surface area contributed by atoms with Crippen molar-refractivity contribution in [3.63, 3.8) is 0 Å². The molecule has 38 heavy (non-hydrogen) atoms. The maximum absolute atomic E-state index is 14.7. The van der Waals surface area contributed by atoms with Crippen LogP contribution in [0.5, 0.6) is 11.5 Å². The lowest BCUT2D eigenvalue weighted by Gasteiger charge is -2.36. The predicted octanol–water partition coefficient (Wildman–Crippen LogP) is 3.51. The van der Waals surface area contributed by atoms with Crippen LogP contribution >= 0.6 is 0 Å². The Bertz CT molecular complexity index is 1330. The number of nitrogens with one attached hydrogen (secondary N) is 1. The van der Waals surface area contributed by atoms with Gasteiger partial charge in [-0.2, -0.15) is 0 Å². The van der Waals surface area contributed by atoms with Crippen LogP contribution in [0.15, 0.2) is 65.8 Å². The maximum atomic E-state index is 14.7. The van der Waals surface area contributed by atoms with E-state index in [9.17, 15) is 23.9 Å². The Morgan fingerprint density at radius 2 is 1.66 bits per heavy atom. The van der Waals surface area contributed by atoms with Crippen molar-refractivity contribution >= 4 is 11.6 Å². The predicted molar refractivity (Wildman–Crippen MR) is 135 cm³/mol. The third-order valence-electron chi connectivity index (χ3n) is 6.71. The molecule has 3 N–H and O–H groups in total. The molecule has 0 bridgehead atoms. The van der Waals surface area contributed by atoms with Crippen molar-refractivity contribution in [1.82, 2.24) is 10.2 Å². The number of hydrogen-bond donors (Lipinski definition) is 3. The zero-order chi connectivity index (χ0) is 26.6. The molecule has 2 heterocycles. The van der Waals surface area contributed by atoms with Gasteiger partial charge in [0.1, 0.15) is 25.1 Å². The lowest BCUT2D eigenvalue weighted by atomic mass is 9.98. The molecule has 2 atom stereocenters. The summed E-state index contributed by atoms with van der Waals surface area (Å²) in [6.07, 6.45) is -0.273. The minimum atomic E-state index is -1.27. The second-order valence-corrected chi connectivity index (χ2v) is 9.24. The van der Waals surface area contributed by atoms with Gasteiger partial charge in [0.05, 0.1) is 6.04 Å². The van der Waals surface area contributed by atoms with Crippen LogP contribution in [0.25, 0.3) is 11.1 Å². The number of carbonyl (C=O) groups excluding carboxylic acids is 1. The summed E-state index contributed by atoms with van der Waals surface area (Å²) in [6, 6.07) is 14.5. The maximum Gasteiger partial charge on any atom is 0.274 e. The first-order valence-electron chi connectivity index (χ1n) is 12.3. The van der Waals surface area contributed by atoms with E-state index in [1.54, 1.807) is 36.4 Å². The number of oxime groups is 1. The fraction of sp³-hybridized carbons (Fsp3) is 0.286. The number of nitrogens with zero attached hydrogens (tertiary/aromatic N) is 2. The highest BCUT2D eigenvalue weighted by molar-refractivity contribution is 6.45. The summed E-state index contributed by atoms with van der Waals surface area (Å²) in [5, 5.41) is 26.8. The standard InChI is InChI=1S/C28H27F2N3O5/c29-21-8-6-18(7-9-21)17-2-4-19(5-3-17)25(32-36)28(35)31-23(16-33-10-1-11-33)26(34)20-14-22(30)27-24(15-20)37-12-13-38-27/h2-9,14-15,23,26,34,36H,1,10-13,16H2,(H,31,35)/b32-25+/t23-,26-/m1/s1. The van der Waals surface area contributed by atoms with Crippen molar-refractivity contribution in [2.45, 2.75) is 18.6 Å². The van der Waals surface area contributed by atoms with Crippen LogP contribution in [0.3, 0.4) is 0 Å². The van der Waals surface area contributed by atoms with Crippen LogP contribution in [-0.2, 0) is 4.79 Å². The Morgan fingerprint density at radius 1 is 1.00 bits per heavy atom. The van der Waals surface area contributed by atoms with E-state index in [1.807, 2.05) is 0 Å². The van der Waals surface area contributed by atoms with Crippen molar-refractivity contribution in [3.05, 3.63) is 83.4 Å². The topological polar surface area (TPSA) is 104 Å². The molecule has 3 aromatic rings. The van der Waals surface area contributed by atoms with Gasteiger partial charge in [-0.05, 0) is 60.5 Å². The zero-order valence-corrected chi connectivity index (χ0v) is 20.4. The Hall–Kier alpha value is -4.02. The monoisotopic (exact) mass is 523 g/mol. The van der Waals surface area contributed by atoms with E-state index < -0.39 is 23.9 Å². The second kappa shape index (κ2) is 11.2. The van der Waals surface area contributed by atoms with E-state index in [0.717, 1.165) is 30.6 Å². The molecule has 1 saturated heterocycles. The molecule has 0 radical (unpaired) electrons. The van der Waals surface area contributed by atoms with Crippen LogP contribution in [0, 0.1) is 11.6 Å². The molecule has 198 valence electrons. The van der Waals surface area contributed by atoms with Crippen molar-refractivity contribution in [2.75, 3.05) is 32.8 Å². The van der Waals surface area contributed by atoms with Gasteiger partial charge in [0.15, 0.2) is 23.0 Å². The summed E-state index contributed by atoms with van der Waals surface area (Å²) < 4.78 is 38.7. The average molecular weight is 524 g/mol. The number of halogens is 2. The lowest BCUT2D eigenvalue weighted by molar-refractivity contribution is -0.116. The lowest BCUT2D eigenvalue weighted by Crippen LogP contribution is -2.52. The molecule has 2 aliphatic heterocycles. The Morgan fingerprint density at radius 3 is 2.29 bits per heavy atom. The SMILES string of the molecule is O=C(N[C@H](CN1CCC1)[C@H](O)c1cc(F)c2c(c1)OCCO2)/C(=N/O)c1ccc(-c2ccc(F)cc2)cc1. The fourth-order valence-corrected chi connectivity index (χ4v) is 4.53. The first-order chi connectivity index (χ1) is 18.4. The molecule has 2 aliphatic rings. The number of fused-ring (bicyclic) bond motifs is 1. The summed E-state index contributed by atoms with van der Waals surface area (Å²) >= 11 is 0. The smallest absolute Gasteiger partial charge is 0.274 e. The number of hydrogen-bond acceptors (Lipinski definition) is 7. The Kier molecular flexibility index (Phi) is 7.52. The van der Waals surface area contributed by atoms with E-state index in [1.165, 1.54) is 24.3 Å². The van der Waals surface area contributed by atoms with Gasteiger partial charge in [-0.3, -0.25) is 4.79 Å². The van der Waals surface area contributed by atoms with Crippen molar-refractivity contribution < 1.29 is 33.4 Å². The highest BCUT2D eigenvalue weighted by Crippen LogP contribution is 2.36. The molecular weight excluding hydrogens is 496 g/mol. The van der Waals surface area contributed by atoms with Gasteiger partial charge in [0.25, 0.3) is 5.91 Å². The number of aliphatic hydroxyl groups excluding tert-OH is 1. The molecule has 0 aliphatic carbocycles. The van der Waals surface area contributed by atoms with E-state index in [-0.39, 0.29) is 41.8 Å². The largest absolute Gasteiger partial charge is 0.486 e. The molecule has 5 rings (SSSR count). The normalized spacial score (nSPS) is 16.9. The Balaban J connectivity index is 1.35. The molecular formula is C28H27F2N3O5. The molecule has 0 aromatic heterocycles. The first-order valence-corrected chi connectivity index (χ1v) is 12.3. The molecule has 1 fully saturated rings. The minimum Gasteiger partial charge on any atom is -0.486 e. The van der Waals surface area contributed by atoms with Gasteiger partial charge in [0.2, 0.25) is 0 Å². The molecule has 8 nitrogen and oxygen atoms in total. The van der Waals surface area contributed by atoms with E-state index >= 15 is 0 Å². The number of amides is 1. The van der Waals surface area contributed by atoms with Crippen molar-refractivity contribution in [3.8, 4) is 22.6 Å². The van der Waals surface area contributed by atoms with Crippen LogP contribution in [0.2, 0.25) is 0 Å². The third-order valence-corrected chi connectivity index (χ3v) is 6.71. The summed E-state index contributed by atoms with van der Waals surface area (Å²) in [6.45, 7) is 2.41. The van der Waals surface area contributed by atoms with Crippen LogP contribution < -0.4 is 14.8 Å². The zero-order valence-electron chi connectivity index (χ0n) is 20.4. The van der Waals surface area contributed by atoms with Crippen molar-refractivity contribution in [2.24, 2.45) is 5.16 Å². The summed E-state index contributed by atoms with van der Waals surface area (Å²) in [4.78, 5) is 15.3. The number of ether oxygens (including phenoxy) is 2.